The average molecular weight is 395 g/mol. The van der Waals surface area contributed by atoms with Crippen LogP contribution in [0.2, 0.25) is 10.0 Å². The molecule has 2 aromatic carbocycles. The molecule has 0 aliphatic carbocycles. The number of amides is 1. The van der Waals surface area contributed by atoms with Gasteiger partial charge >= 0.3 is 0 Å². The molecule has 0 radical (unpaired) electrons. The van der Waals surface area contributed by atoms with Gasteiger partial charge in [-0.25, -0.2) is 9.37 Å². The predicted molar refractivity (Wildman–Crippen MR) is 100 cm³/mol. The number of nitrogens with zero attached hydrogens (tertiary/aromatic N) is 1. The van der Waals surface area contributed by atoms with Gasteiger partial charge in [0.15, 0.2) is 0 Å². The largest absolute Gasteiger partial charge is 0.352 e. The first-order chi connectivity index (χ1) is 12.0. The Balaban J connectivity index is 1.57. The monoisotopic (exact) mass is 394 g/mol. The third kappa shape index (κ3) is 4.57. The number of nitrogens with one attached hydrogen (secondary N) is 1. The van der Waals surface area contributed by atoms with Gasteiger partial charge in [-0.15, -0.1) is 11.3 Å². The van der Waals surface area contributed by atoms with E-state index in [-0.39, 0.29) is 11.7 Å². The molecule has 1 N–H and O–H groups in total. The summed E-state index contributed by atoms with van der Waals surface area (Å²) in [5.74, 6) is -0.512. The number of hydrogen-bond donors (Lipinski definition) is 1. The summed E-state index contributed by atoms with van der Waals surface area (Å²) in [6.07, 6.45) is 0.582. The molecule has 0 bridgehead atoms. The number of carbonyl (C=O) groups is 1. The van der Waals surface area contributed by atoms with E-state index in [2.05, 4.69) is 10.3 Å². The molecule has 0 fully saturated rings. The zero-order valence-corrected chi connectivity index (χ0v) is 15.3. The maximum atomic E-state index is 13.3. The Morgan fingerprint density at radius 2 is 2.00 bits per heavy atom. The lowest BCUT2D eigenvalue weighted by Gasteiger charge is -2.05. The van der Waals surface area contributed by atoms with Crippen molar-refractivity contribution in [3.63, 3.8) is 0 Å². The topological polar surface area (TPSA) is 42.0 Å². The number of hydrogen-bond acceptors (Lipinski definition) is 3. The first-order valence-electron chi connectivity index (χ1n) is 7.46. The van der Waals surface area contributed by atoms with E-state index >= 15 is 0 Å². The van der Waals surface area contributed by atoms with E-state index in [9.17, 15) is 9.18 Å². The smallest absolute Gasteiger partial charge is 0.251 e. The molecule has 0 saturated carbocycles. The van der Waals surface area contributed by atoms with Gasteiger partial charge in [-0.05, 0) is 30.3 Å². The lowest BCUT2D eigenvalue weighted by molar-refractivity contribution is 0.0954. The van der Waals surface area contributed by atoms with Crippen LogP contribution in [0.25, 0.3) is 10.6 Å². The molecule has 3 rings (SSSR count). The Kier molecular flexibility index (Phi) is 5.68. The van der Waals surface area contributed by atoms with Gasteiger partial charge in [-0.2, -0.15) is 0 Å². The minimum absolute atomic E-state index is 0.223. The molecular weight excluding hydrogens is 382 g/mol. The zero-order valence-electron chi connectivity index (χ0n) is 12.9. The van der Waals surface area contributed by atoms with Crippen molar-refractivity contribution < 1.29 is 9.18 Å². The van der Waals surface area contributed by atoms with Crippen molar-refractivity contribution in [2.75, 3.05) is 6.54 Å². The predicted octanol–water partition coefficient (Wildman–Crippen LogP) is 5.23. The Morgan fingerprint density at radius 1 is 1.16 bits per heavy atom. The normalized spacial score (nSPS) is 10.7. The second-order valence-electron chi connectivity index (χ2n) is 5.29. The molecule has 0 aliphatic heterocycles. The molecule has 128 valence electrons. The maximum Gasteiger partial charge on any atom is 0.251 e. The number of aromatic nitrogens is 1. The first kappa shape index (κ1) is 17.9. The second-order valence-corrected chi connectivity index (χ2v) is 6.96. The molecule has 3 nitrogen and oxygen atoms in total. The van der Waals surface area contributed by atoms with Gasteiger partial charge in [0.05, 0.1) is 15.7 Å². The molecule has 25 heavy (non-hydrogen) atoms. The van der Waals surface area contributed by atoms with Crippen molar-refractivity contribution in [1.82, 2.24) is 10.3 Å². The van der Waals surface area contributed by atoms with E-state index in [4.69, 9.17) is 23.2 Å². The molecule has 0 aliphatic rings. The van der Waals surface area contributed by atoms with Crippen molar-refractivity contribution in [2.45, 2.75) is 6.42 Å². The van der Waals surface area contributed by atoms with Crippen LogP contribution in [-0.4, -0.2) is 17.4 Å². The molecule has 0 atom stereocenters. The quantitative estimate of drug-likeness (QED) is 0.643. The van der Waals surface area contributed by atoms with Gasteiger partial charge in [0.2, 0.25) is 0 Å². The molecule has 0 unspecified atom stereocenters. The summed E-state index contributed by atoms with van der Waals surface area (Å²) in [5.41, 5.74) is 2.04. The molecule has 3 aromatic rings. The van der Waals surface area contributed by atoms with E-state index in [0.29, 0.717) is 28.6 Å². The molecular formula is C18H13Cl2FN2OS. The van der Waals surface area contributed by atoms with Crippen molar-refractivity contribution in [1.29, 1.82) is 0 Å². The summed E-state index contributed by atoms with van der Waals surface area (Å²) in [4.78, 5) is 16.6. The molecule has 0 spiro atoms. The van der Waals surface area contributed by atoms with Crippen molar-refractivity contribution in [3.05, 3.63) is 75.0 Å². The summed E-state index contributed by atoms with van der Waals surface area (Å²) in [6, 6.07) is 11.1. The third-order valence-electron chi connectivity index (χ3n) is 3.47. The van der Waals surface area contributed by atoms with E-state index in [1.54, 1.807) is 18.2 Å². The van der Waals surface area contributed by atoms with Crippen LogP contribution in [0, 0.1) is 5.82 Å². The summed E-state index contributed by atoms with van der Waals surface area (Å²) >= 11 is 13.2. The lowest BCUT2D eigenvalue weighted by Crippen LogP contribution is -2.25. The number of carbonyl (C=O) groups excluding carboxylic acids is 1. The van der Waals surface area contributed by atoms with Gasteiger partial charge < -0.3 is 5.32 Å². The second kappa shape index (κ2) is 7.95. The van der Waals surface area contributed by atoms with Gasteiger partial charge in [0.1, 0.15) is 10.8 Å². The highest BCUT2D eigenvalue weighted by Crippen LogP contribution is 2.24. The number of rotatable bonds is 5. The fraction of sp³-hybridized carbons (Fsp3) is 0.111. The van der Waals surface area contributed by atoms with Gasteiger partial charge in [0, 0.05) is 29.5 Å². The highest BCUT2D eigenvalue weighted by atomic mass is 35.5. The van der Waals surface area contributed by atoms with Crippen LogP contribution in [0.1, 0.15) is 16.1 Å². The van der Waals surface area contributed by atoms with E-state index in [1.807, 2.05) is 11.4 Å². The van der Waals surface area contributed by atoms with Gasteiger partial charge in [-0.1, -0.05) is 35.3 Å². The van der Waals surface area contributed by atoms with E-state index < -0.39 is 0 Å². The lowest BCUT2D eigenvalue weighted by atomic mass is 10.2. The van der Waals surface area contributed by atoms with Crippen molar-refractivity contribution in [2.24, 2.45) is 0 Å². The summed E-state index contributed by atoms with van der Waals surface area (Å²) < 4.78 is 13.3. The SMILES string of the molecule is O=C(NCCc1csc(-c2cccc(F)c2)n1)c1ccc(Cl)c(Cl)c1. The Bertz CT molecular complexity index is 914. The fourth-order valence-corrected chi connectivity index (χ4v) is 3.37. The van der Waals surface area contributed by atoms with Gasteiger partial charge in [0.25, 0.3) is 5.91 Å². The Hall–Kier alpha value is -1.95. The standard InChI is InChI=1S/C18H13Cl2FN2OS/c19-15-5-4-11(9-16(15)20)17(24)22-7-6-14-10-25-18(23-14)12-2-1-3-13(21)8-12/h1-5,8-10H,6-7H2,(H,22,24). The van der Waals surface area contributed by atoms with Crippen molar-refractivity contribution in [3.8, 4) is 10.6 Å². The molecule has 1 heterocycles. The van der Waals surface area contributed by atoms with Crippen LogP contribution in [0.4, 0.5) is 4.39 Å². The highest BCUT2D eigenvalue weighted by Gasteiger charge is 2.09. The summed E-state index contributed by atoms with van der Waals surface area (Å²) in [6.45, 7) is 0.436. The average Bonchev–Trinajstić information content (AvgIpc) is 3.06. The molecule has 1 amide bonds. The zero-order chi connectivity index (χ0) is 17.8. The molecule has 0 saturated heterocycles. The van der Waals surface area contributed by atoms with Gasteiger partial charge in [-0.3, -0.25) is 4.79 Å². The van der Waals surface area contributed by atoms with E-state index in [1.165, 1.54) is 29.5 Å². The maximum absolute atomic E-state index is 13.3. The summed E-state index contributed by atoms with van der Waals surface area (Å²) in [7, 11) is 0. The van der Waals surface area contributed by atoms with E-state index in [0.717, 1.165) is 16.3 Å². The van der Waals surface area contributed by atoms with Crippen LogP contribution < -0.4 is 5.32 Å². The Morgan fingerprint density at radius 3 is 2.76 bits per heavy atom. The van der Waals surface area contributed by atoms with Crippen LogP contribution in [0.3, 0.4) is 0 Å². The van der Waals surface area contributed by atoms with Crippen LogP contribution in [0.5, 0.6) is 0 Å². The van der Waals surface area contributed by atoms with Crippen LogP contribution in [-0.2, 0) is 6.42 Å². The molecule has 1 aromatic heterocycles. The Labute approximate surface area is 158 Å². The van der Waals surface area contributed by atoms with Crippen LogP contribution >= 0.6 is 34.5 Å². The highest BCUT2D eigenvalue weighted by molar-refractivity contribution is 7.13. The minimum atomic E-state index is -0.289. The number of halogens is 3. The minimum Gasteiger partial charge on any atom is -0.352 e. The number of benzene rings is 2. The molecule has 7 heteroatoms. The summed E-state index contributed by atoms with van der Waals surface area (Å²) in [5, 5.41) is 6.23. The number of thiazole rings is 1. The van der Waals surface area contributed by atoms with Crippen LogP contribution in [0.15, 0.2) is 47.8 Å². The first-order valence-corrected chi connectivity index (χ1v) is 9.10. The van der Waals surface area contributed by atoms with Crippen molar-refractivity contribution >= 4 is 40.4 Å². The fourth-order valence-electron chi connectivity index (χ4n) is 2.22. The third-order valence-corrected chi connectivity index (χ3v) is 5.15.